The summed E-state index contributed by atoms with van der Waals surface area (Å²) >= 11 is 0. The lowest BCUT2D eigenvalue weighted by atomic mass is 9.96. The summed E-state index contributed by atoms with van der Waals surface area (Å²) in [6.45, 7) is 4.85. The number of nitrogens with zero attached hydrogens (tertiary/aromatic N) is 2. The van der Waals surface area contributed by atoms with E-state index in [0.29, 0.717) is 5.56 Å². The Kier molecular flexibility index (Phi) is 7.24. The Labute approximate surface area is 183 Å². The van der Waals surface area contributed by atoms with Crippen LogP contribution < -0.4 is 11.2 Å². The highest BCUT2D eigenvalue weighted by molar-refractivity contribution is 5.44. The standard InChI is InChI=1S/C21H27N3O8/c1-11(2)19(14-5-4-12(3)6-15(14)24(29)30)31-10-13-8-23(21(28)22-20(13)27)18-7-16(26)17(9-25)32-18/h4-6,8,11,16-19,25-26H,7,9-10H2,1-3H3,(H,22,27,28)/t16-,17-,18-,19+/m1/s1. The second kappa shape index (κ2) is 9.74. The van der Waals surface area contributed by atoms with Crippen molar-refractivity contribution >= 4 is 5.69 Å². The number of nitro groups is 1. The number of rotatable bonds is 8. The minimum atomic E-state index is -0.948. The highest BCUT2D eigenvalue weighted by Gasteiger charge is 2.35. The van der Waals surface area contributed by atoms with Gasteiger partial charge in [0.1, 0.15) is 12.3 Å². The van der Waals surface area contributed by atoms with Crippen molar-refractivity contribution in [3.8, 4) is 0 Å². The van der Waals surface area contributed by atoms with Crippen LogP contribution in [0.1, 0.15) is 49.3 Å². The maximum absolute atomic E-state index is 12.3. The molecule has 0 aliphatic carbocycles. The van der Waals surface area contributed by atoms with E-state index in [-0.39, 0.29) is 30.2 Å². The predicted octanol–water partition coefficient (Wildman–Crippen LogP) is 1.31. The Morgan fingerprint density at radius 1 is 1.38 bits per heavy atom. The quantitative estimate of drug-likeness (QED) is 0.402. The van der Waals surface area contributed by atoms with Crippen molar-refractivity contribution in [1.82, 2.24) is 9.55 Å². The van der Waals surface area contributed by atoms with Crippen LogP contribution in [0.2, 0.25) is 0 Å². The molecular weight excluding hydrogens is 422 g/mol. The topological polar surface area (TPSA) is 157 Å². The molecule has 1 aliphatic rings. The molecule has 2 aromatic rings. The summed E-state index contributed by atoms with van der Waals surface area (Å²) in [7, 11) is 0. The Balaban J connectivity index is 1.88. The fraction of sp³-hybridized carbons (Fsp3) is 0.524. The number of nitrogens with one attached hydrogen (secondary N) is 1. The number of aromatic amines is 1. The molecule has 4 atom stereocenters. The first-order valence-electron chi connectivity index (χ1n) is 10.3. The molecule has 2 heterocycles. The number of aromatic nitrogens is 2. The Morgan fingerprint density at radius 3 is 2.69 bits per heavy atom. The number of aryl methyl sites for hydroxylation is 1. The third-order valence-corrected chi connectivity index (χ3v) is 5.45. The predicted molar refractivity (Wildman–Crippen MR) is 113 cm³/mol. The minimum absolute atomic E-state index is 0.0639. The van der Waals surface area contributed by atoms with Gasteiger partial charge < -0.3 is 19.7 Å². The molecule has 1 aromatic heterocycles. The molecule has 0 radical (unpaired) electrons. The van der Waals surface area contributed by atoms with Gasteiger partial charge in [-0.05, 0) is 24.5 Å². The smallest absolute Gasteiger partial charge is 0.330 e. The minimum Gasteiger partial charge on any atom is -0.394 e. The van der Waals surface area contributed by atoms with Crippen molar-refractivity contribution in [2.45, 2.75) is 58.3 Å². The van der Waals surface area contributed by atoms with Crippen molar-refractivity contribution in [1.29, 1.82) is 0 Å². The largest absolute Gasteiger partial charge is 0.394 e. The van der Waals surface area contributed by atoms with Gasteiger partial charge >= 0.3 is 5.69 Å². The van der Waals surface area contributed by atoms with Gasteiger partial charge in [-0.3, -0.25) is 24.5 Å². The van der Waals surface area contributed by atoms with Crippen molar-refractivity contribution in [2.75, 3.05) is 6.61 Å². The molecule has 0 saturated carbocycles. The lowest BCUT2D eigenvalue weighted by Crippen LogP contribution is -2.34. The van der Waals surface area contributed by atoms with Crippen LogP contribution >= 0.6 is 0 Å². The molecule has 1 fully saturated rings. The Hall–Kier alpha value is -2.86. The van der Waals surface area contributed by atoms with Crippen LogP contribution in [0.5, 0.6) is 0 Å². The van der Waals surface area contributed by atoms with E-state index in [4.69, 9.17) is 9.47 Å². The molecule has 32 heavy (non-hydrogen) atoms. The second-order valence-corrected chi connectivity index (χ2v) is 8.23. The molecule has 0 unspecified atom stereocenters. The SMILES string of the molecule is Cc1ccc([C@@H](OCc2cn([C@H]3C[C@@H](O)[C@@H](CO)O3)c(=O)[nH]c2=O)C(C)C)c([N+](=O)[O-])c1. The first kappa shape index (κ1) is 23.8. The number of H-pyrrole nitrogens is 1. The number of ether oxygens (including phenoxy) is 2. The zero-order chi connectivity index (χ0) is 23.6. The fourth-order valence-corrected chi connectivity index (χ4v) is 3.77. The summed E-state index contributed by atoms with van der Waals surface area (Å²) in [6.07, 6.45) is -1.94. The normalized spacial score (nSPS) is 21.8. The zero-order valence-corrected chi connectivity index (χ0v) is 18.1. The summed E-state index contributed by atoms with van der Waals surface area (Å²) < 4.78 is 12.6. The van der Waals surface area contributed by atoms with Crippen LogP contribution in [0.3, 0.4) is 0 Å². The van der Waals surface area contributed by atoms with E-state index in [1.54, 1.807) is 19.1 Å². The molecule has 11 heteroatoms. The molecule has 3 N–H and O–H groups in total. The first-order valence-corrected chi connectivity index (χ1v) is 10.3. The van der Waals surface area contributed by atoms with Gasteiger partial charge in [0, 0.05) is 18.7 Å². The number of benzene rings is 1. The van der Waals surface area contributed by atoms with Crippen LogP contribution in [0, 0.1) is 23.0 Å². The summed E-state index contributed by atoms with van der Waals surface area (Å²) in [6, 6.07) is 4.88. The molecule has 1 aliphatic heterocycles. The van der Waals surface area contributed by atoms with Crippen molar-refractivity contribution in [3.05, 3.63) is 72.0 Å². The fourth-order valence-electron chi connectivity index (χ4n) is 3.77. The zero-order valence-electron chi connectivity index (χ0n) is 18.1. The van der Waals surface area contributed by atoms with Crippen LogP contribution in [0.25, 0.3) is 0 Å². The van der Waals surface area contributed by atoms with Crippen LogP contribution in [-0.2, 0) is 16.1 Å². The van der Waals surface area contributed by atoms with Crippen molar-refractivity contribution < 1.29 is 24.6 Å². The van der Waals surface area contributed by atoms with Crippen LogP contribution in [0.15, 0.2) is 34.0 Å². The summed E-state index contributed by atoms with van der Waals surface area (Å²) in [5.41, 5.74) is -0.171. The van der Waals surface area contributed by atoms with Crippen molar-refractivity contribution in [3.63, 3.8) is 0 Å². The van der Waals surface area contributed by atoms with Crippen LogP contribution in [0.4, 0.5) is 5.69 Å². The Morgan fingerprint density at radius 2 is 2.09 bits per heavy atom. The second-order valence-electron chi connectivity index (χ2n) is 8.23. The van der Waals surface area contributed by atoms with E-state index in [1.165, 1.54) is 12.3 Å². The highest BCUT2D eigenvalue weighted by Crippen LogP contribution is 2.34. The first-order chi connectivity index (χ1) is 15.1. The summed E-state index contributed by atoms with van der Waals surface area (Å²) in [5.74, 6) is -0.139. The van der Waals surface area contributed by atoms with Gasteiger partial charge in [0.15, 0.2) is 0 Å². The van der Waals surface area contributed by atoms with E-state index in [0.717, 1.165) is 10.1 Å². The number of hydrogen-bond acceptors (Lipinski definition) is 8. The number of nitro benzene ring substituents is 1. The average molecular weight is 449 g/mol. The van der Waals surface area contributed by atoms with Gasteiger partial charge in [-0.1, -0.05) is 19.9 Å². The molecule has 11 nitrogen and oxygen atoms in total. The van der Waals surface area contributed by atoms with Gasteiger partial charge in [0.2, 0.25) is 0 Å². The van der Waals surface area contributed by atoms with Gasteiger partial charge in [-0.15, -0.1) is 0 Å². The molecule has 174 valence electrons. The monoisotopic (exact) mass is 449 g/mol. The molecular formula is C21H27N3O8. The van der Waals surface area contributed by atoms with E-state index < -0.39 is 47.3 Å². The molecule has 3 rings (SSSR count). The van der Waals surface area contributed by atoms with Gasteiger partial charge in [-0.25, -0.2) is 4.79 Å². The van der Waals surface area contributed by atoms with Crippen LogP contribution in [-0.4, -0.2) is 43.5 Å². The van der Waals surface area contributed by atoms with E-state index in [9.17, 15) is 29.9 Å². The highest BCUT2D eigenvalue weighted by atomic mass is 16.6. The van der Waals surface area contributed by atoms with Crippen molar-refractivity contribution in [2.24, 2.45) is 5.92 Å². The van der Waals surface area contributed by atoms with Gasteiger partial charge in [0.05, 0.1) is 41.5 Å². The third kappa shape index (κ3) is 4.96. The third-order valence-electron chi connectivity index (χ3n) is 5.45. The maximum Gasteiger partial charge on any atom is 0.330 e. The number of aliphatic hydroxyl groups is 2. The van der Waals surface area contributed by atoms with Gasteiger partial charge in [0.25, 0.3) is 11.2 Å². The molecule has 0 bridgehead atoms. The Bertz CT molecular complexity index is 1090. The van der Waals surface area contributed by atoms with E-state index >= 15 is 0 Å². The average Bonchev–Trinajstić information content (AvgIpc) is 3.10. The number of hydrogen-bond donors (Lipinski definition) is 3. The lowest BCUT2D eigenvalue weighted by molar-refractivity contribution is -0.386. The molecule has 1 aromatic carbocycles. The summed E-state index contributed by atoms with van der Waals surface area (Å²) in [4.78, 5) is 37.9. The molecule has 1 saturated heterocycles. The van der Waals surface area contributed by atoms with Gasteiger partial charge in [-0.2, -0.15) is 0 Å². The molecule has 0 spiro atoms. The maximum atomic E-state index is 12.3. The van der Waals surface area contributed by atoms with E-state index in [2.05, 4.69) is 4.98 Å². The lowest BCUT2D eigenvalue weighted by Gasteiger charge is -2.22. The molecule has 0 amide bonds. The number of aliphatic hydroxyl groups excluding tert-OH is 2. The summed E-state index contributed by atoms with van der Waals surface area (Å²) in [5, 5.41) is 30.7. The van der Waals surface area contributed by atoms with E-state index in [1.807, 2.05) is 13.8 Å².